The third-order valence-corrected chi connectivity index (χ3v) is 19.6. The topological polar surface area (TPSA) is 733 Å². The molecular weight excluding hydrogens is 1380 g/mol. The quantitative estimate of drug-likeness (QED) is 0.0382. The highest BCUT2D eigenvalue weighted by atomic mass is 16.8. The Morgan fingerprint density at radius 1 is 0.257 bits per heavy atom. The van der Waals surface area contributed by atoms with Crippen molar-refractivity contribution in [2.75, 3.05) is 66.5 Å². The predicted molar refractivity (Wildman–Crippen MR) is 313 cm³/mol. The summed E-state index contributed by atoms with van der Waals surface area (Å²) in [6.45, 7) is -7.18. The van der Waals surface area contributed by atoms with Gasteiger partial charge in [0, 0.05) is 0 Å². The first-order chi connectivity index (χ1) is 48.0. The lowest BCUT2D eigenvalue weighted by Crippen LogP contribution is -2.70. The highest BCUT2D eigenvalue weighted by molar-refractivity contribution is 5.04. The second-order valence-electron chi connectivity index (χ2n) is 26.1. The SMILES string of the molecule is CN[C@H]1C(O)[C@H](O[C@@H]2OC(CO[C@H]3OC(CO)[C@@H](O)C(O)[C@H]3O[C@@H]3O[C@@H](CO)[C@@H](O[C@@H]4OC(CO)[C@H](O)C(O)[C@@H]4O)C(O)C3N)[C@@H](O)C(O[C@H]3O[C@H](CO)[C@@H](O)C(O)C3O[C@@H]3OC(CO)[C@@H](O[C@@H]4OC(CO)[C@H](O)C(O)[C@@H]4O)C(O)[C@@H]3N)[C@H]2O)C(CO)O[C@H]1O[C@@H]1C(CO)O[C@@H](C)C(N)[C@H]1O. The number of likely N-dealkylation sites (N-methyl/N-ethyl adjacent to an activating group) is 1. The van der Waals surface area contributed by atoms with Gasteiger partial charge in [-0.3, -0.25) is 0 Å². The summed E-state index contributed by atoms with van der Waals surface area (Å²) >= 11 is 0. The van der Waals surface area contributed by atoms with Crippen molar-refractivity contribution in [1.82, 2.24) is 5.32 Å². The van der Waals surface area contributed by atoms with Crippen LogP contribution in [0.5, 0.6) is 0 Å². The van der Waals surface area contributed by atoms with Gasteiger partial charge in [-0.15, -0.1) is 0 Å². The largest absolute Gasteiger partial charge is 0.394 e. The van der Waals surface area contributed by atoms with Gasteiger partial charge in [0.1, 0.15) is 195 Å². The minimum Gasteiger partial charge on any atom is -0.394 e. The second-order valence-corrected chi connectivity index (χ2v) is 26.1. The van der Waals surface area contributed by atoms with Crippen LogP contribution in [0.4, 0.5) is 0 Å². The summed E-state index contributed by atoms with van der Waals surface area (Å²) in [6, 6.07) is -6.09. The van der Waals surface area contributed by atoms with E-state index in [9.17, 15) is 123 Å². The molecule has 9 saturated heterocycles. The fourth-order valence-electron chi connectivity index (χ4n) is 13.5. The number of nitrogens with two attached hydrogens (primary N) is 3. The Kier molecular flexibility index (Phi) is 29.8. The number of rotatable bonds is 26. The van der Waals surface area contributed by atoms with Crippen molar-refractivity contribution in [3.63, 3.8) is 0 Å². The Hall–Kier alpha value is -1.80. The molecule has 0 amide bonds. The molecule has 9 aliphatic rings. The van der Waals surface area contributed by atoms with E-state index in [4.69, 9.17) is 97.7 Å². The van der Waals surface area contributed by atoms with Crippen molar-refractivity contribution in [1.29, 1.82) is 0 Å². The van der Waals surface area contributed by atoms with E-state index in [2.05, 4.69) is 5.32 Å². The molecule has 9 rings (SSSR count). The maximum absolute atomic E-state index is 12.4. The van der Waals surface area contributed by atoms with Gasteiger partial charge in [0.05, 0.1) is 89.7 Å². The summed E-state index contributed by atoms with van der Waals surface area (Å²) in [5.41, 5.74) is 19.0. The minimum atomic E-state index is -2.39. The van der Waals surface area contributed by atoms with Crippen LogP contribution in [0.2, 0.25) is 0 Å². The first-order valence-corrected chi connectivity index (χ1v) is 32.8. The summed E-state index contributed by atoms with van der Waals surface area (Å²) in [7, 11) is 1.33. The Labute approximate surface area is 573 Å². The van der Waals surface area contributed by atoms with Crippen LogP contribution in [0.15, 0.2) is 0 Å². The van der Waals surface area contributed by atoms with Gasteiger partial charge < -0.3 is 226 Å². The van der Waals surface area contributed by atoms with Crippen molar-refractivity contribution < 1.29 is 203 Å². The molecule has 0 aromatic carbocycles. The average Bonchev–Trinajstić information content (AvgIpc) is 0.774. The number of hydrogen-bond acceptors (Lipinski definition) is 45. The van der Waals surface area contributed by atoms with Crippen LogP contribution < -0.4 is 22.5 Å². The average molecular weight is 1490 g/mol. The Balaban J connectivity index is 0.994. The number of ether oxygens (including phenoxy) is 17. The van der Waals surface area contributed by atoms with Gasteiger partial charge in [-0.1, -0.05) is 0 Å². The molecule has 0 bridgehead atoms. The van der Waals surface area contributed by atoms with E-state index in [0.29, 0.717) is 0 Å². The van der Waals surface area contributed by atoms with Crippen LogP contribution in [-0.4, -0.2) is 465 Å². The highest BCUT2D eigenvalue weighted by Gasteiger charge is 2.60. The van der Waals surface area contributed by atoms with E-state index in [1.165, 1.54) is 7.05 Å². The number of hydrogen-bond donors (Lipinski definition) is 28. The zero-order valence-corrected chi connectivity index (χ0v) is 54.3. The Bertz CT molecular complexity index is 2490. The van der Waals surface area contributed by atoms with Gasteiger partial charge in [-0.05, 0) is 14.0 Å². The van der Waals surface area contributed by atoms with Gasteiger partial charge in [0.25, 0.3) is 0 Å². The molecule has 9 heterocycles. The highest BCUT2D eigenvalue weighted by Crippen LogP contribution is 2.39. The van der Waals surface area contributed by atoms with E-state index < -0.39 is 335 Å². The van der Waals surface area contributed by atoms with E-state index in [-0.39, 0.29) is 0 Å². The van der Waals surface area contributed by atoms with Crippen LogP contribution >= 0.6 is 0 Å². The van der Waals surface area contributed by atoms with Crippen molar-refractivity contribution in [2.45, 2.75) is 283 Å². The number of aliphatic hydroxyl groups excluding tert-OH is 24. The van der Waals surface area contributed by atoms with Gasteiger partial charge >= 0.3 is 0 Å². The van der Waals surface area contributed by atoms with Crippen LogP contribution in [0.1, 0.15) is 6.92 Å². The lowest BCUT2D eigenvalue weighted by atomic mass is 9.93. The first kappa shape index (κ1) is 83.2. The molecule has 45 heteroatoms. The van der Waals surface area contributed by atoms with Crippen LogP contribution in [-0.2, 0) is 80.5 Å². The fraction of sp³-hybridized carbons (Fsp3) is 1.00. The molecule has 590 valence electrons. The predicted octanol–water partition coefficient (Wildman–Crippen LogP) is -19.4. The molecular formula is C56H100N4O41. The van der Waals surface area contributed by atoms with E-state index >= 15 is 0 Å². The van der Waals surface area contributed by atoms with E-state index in [0.717, 1.165) is 0 Å². The normalized spacial score (nSPS) is 53.3. The molecule has 9 fully saturated rings. The molecule has 101 heavy (non-hydrogen) atoms. The molecule has 0 aromatic heterocycles. The zero-order valence-electron chi connectivity index (χ0n) is 54.3. The summed E-state index contributed by atoms with van der Waals surface area (Å²) in [5, 5.41) is 265. The summed E-state index contributed by atoms with van der Waals surface area (Å²) < 4.78 is 100. The smallest absolute Gasteiger partial charge is 0.187 e. The van der Waals surface area contributed by atoms with Crippen molar-refractivity contribution in [3.8, 4) is 0 Å². The maximum Gasteiger partial charge on any atom is 0.187 e. The van der Waals surface area contributed by atoms with Gasteiger partial charge in [0.15, 0.2) is 50.3 Å². The molecule has 0 aliphatic carbocycles. The lowest BCUT2D eigenvalue weighted by Gasteiger charge is -2.51. The van der Waals surface area contributed by atoms with E-state index in [1.807, 2.05) is 0 Å². The number of nitrogens with one attached hydrogen (secondary N) is 1. The van der Waals surface area contributed by atoms with Crippen LogP contribution in [0.25, 0.3) is 0 Å². The van der Waals surface area contributed by atoms with Crippen LogP contribution in [0.3, 0.4) is 0 Å². The number of aliphatic hydroxyl groups is 24. The van der Waals surface area contributed by atoms with Crippen molar-refractivity contribution in [2.24, 2.45) is 17.2 Å². The summed E-state index contributed by atoms with van der Waals surface area (Å²) in [6.07, 6.45) is -77.1. The first-order valence-electron chi connectivity index (χ1n) is 32.8. The Morgan fingerprint density at radius 2 is 0.554 bits per heavy atom. The molecule has 0 saturated carbocycles. The third kappa shape index (κ3) is 17.3. The maximum atomic E-state index is 12.4. The summed E-state index contributed by atoms with van der Waals surface area (Å²) in [4.78, 5) is 0. The van der Waals surface area contributed by atoms with Crippen molar-refractivity contribution in [3.05, 3.63) is 0 Å². The molecule has 9 aliphatic heterocycles. The Morgan fingerprint density at radius 3 is 0.970 bits per heavy atom. The molecule has 0 aromatic rings. The third-order valence-electron chi connectivity index (χ3n) is 19.6. The molecule has 45 atom stereocenters. The lowest BCUT2D eigenvalue weighted by molar-refractivity contribution is -0.398. The van der Waals surface area contributed by atoms with Gasteiger partial charge in [0.2, 0.25) is 0 Å². The van der Waals surface area contributed by atoms with E-state index in [1.54, 1.807) is 6.92 Å². The molecule has 18 unspecified atom stereocenters. The standard InChI is InChI=1S/C56H100N4O41/c1-12-22(57)31(74)42(17(7-65)86-12)95-51-25(60-2)34(77)45(20(10-68)93-51)98-54-41(84)46(99-56-48(38(81)29(72)16(6-64)90-56)101-50-24(59)33(76)44(19(9-67)92-50)97-53-40(83)36(79)27(70)14(4-62)88-53)30(73)21(94-54)11-85-55-47(37(80)28(71)15(5-63)89-55)100-49-23(58)32(75)43(18(8-66)91-49)96-52-39(82)35(78)26(69)13(3-61)87-52/h12-56,60-84H,3-11,57-59H2,1-2H3/t12-,13?,14?,15?,16+,17?,18-,19?,20?,21?,22?,23?,24-,25-,26-,27-,28+,29+,30+,31+,32?,33?,34?,35?,36?,37?,38?,39-,40-,41+,42+,43+,44+,45+,46?,47+,48?,49-,50-,51-,52-,53-,54-,55-,56+/m0/s1. The second kappa shape index (κ2) is 36.2. The minimum absolute atomic E-state index is 0.690. The molecule has 45 nitrogen and oxygen atoms in total. The molecule has 31 N–H and O–H groups in total. The van der Waals surface area contributed by atoms with Crippen LogP contribution in [0, 0.1) is 0 Å². The zero-order chi connectivity index (χ0) is 74.1. The van der Waals surface area contributed by atoms with Gasteiger partial charge in [-0.2, -0.15) is 0 Å². The molecule has 0 spiro atoms. The molecule has 0 radical (unpaired) electrons. The van der Waals surface area contributed by atoms with Crippen molar-refractivity contribution >= 4 is 0 Å². The monoisotopic (exact) mass is 1480 g/mol. The summed E-state index contributed by atoms with van der Waals surface area (Å²) in [5.74, 6) is 0. The van der Waals surface area contributed by atoms with Gasteiger partial charge in [-0.25, -0.2) is 0 Å². The fourth-order valence-corrected chi connectivity index (χ4v) is 13.5.